The van der Waals surface area contributed by atoms with E-state index in [1.54, 1.807) is 0 Å². The highest BCUT2D eigenvalue weighted by Gasteiger charge is 2.25. The highest BCUT2D eigenvalue weighted by atomic mass is 15.1. The van der Waals surface area contributed by atoms with Crippen LogP contribution < -0.4 is 0 Å². The lowest BCUT2D eigenvalue weighted by atomic mass is 10.1. The van der Waals surface area contributed by atoms with Crippen LogP contribution in [0.4, 0.5) is 0 Å². The first-order valence-corrected chi connectivity index (χ1v) is 27.4. The van der Waals surface area contributed by atoms with Crippen molar-refractivity contribution in [2.45, 2.75) is 27.7 Å². The summed E-state index contributed by atoms with van der Waals surface area (Å²) in [4.78, 5) is 16.8. The van der Waals surface area contributed by atoms with E-state index in [1.165, 1.54) is 65.3 Å². The van der Waals surface area contributed by atoms with Crippen LogP contribution in [0.15, 0.2) is 237 Å². The predicted octanol–water partition coefficient (Wildman–Crippen LogP) is 18.5. The van der Waals surface area contributed by atoms with Gasteiger partial charge < -0.3 is 18.3 Å². The smallest absolute Gasteiger partial charge is 0.166 e. The van der Waals surface area contributed by atoms with Crippen LogP contribution in [0.1, 0.15) is 22.3 Å². The van der Waals surface area contributed by atoms with Crippen molar-refractivity contribution in [3.63, 3.8) is 0 Å². The highest BCUT2D eigenvalue weighted by molar-refractivity contribution is 6.13. The molecular formula is C73H51N7. The molecule has 0 amide bonds. The van der Waals surface area contributed by atoms with Gasteiger partial charge in [0, 0.05) is 71.2 Å². The number of nitrogens with zero attached hydrogens (tertiary/aromatic N) is 7. The standard InChI is InChI=1S/C73H51N7/c1-44-26-32-55-51-18-8-12-22-61(51)77(65(55)38-44)49-30-36-59(69(42-49)79-63-24-14-10-20-53(63)57-34-28-46(3)40-67(57)79)72-74-71(48-16-6-5-7-17-48)75-73(76-72)60-37-31-50(78-62-23-13-9-19-52(62)56-33-27-45(2)39-66(56)78)43-70(60)80-64-25-15-11-21-54(64)58-35-29-47(4)41-68(58)80/h5-43H,1-4H3. The van der Waals surface area contributed by atoms with E-state index in [9.17, 15) is 0 Å². The Kier molecular flexibility index (Phi) is 10.1. The molecule has 0 unspecified atom stereocenters. The van der Waals surface area contributed by atoms with Crippen molar-refractivity contribution in [1.82, 2.24) is 33.2 Å². The van der Waals surface area contributed by atoms with E-state index in [1.807, 2.05) is 6.07 Å². The topological polar surface area (TPSA) is 58.4 Å². The number of aryl methyl sites for hydroxylation is 4. The number of benzene rings is 11. The van der Waals surface area contributed by atoms with Crippen molar-refractivity contribution in [3.05, 3.63) is 259 Å². The van der Waals surface area contributed by atoms with E-state index in [0.717, 1.165) is 83.6 Å². The molecule has 0 saturated heterocycles. The monoisotopic (exact) mass is 1030 g/mol. The molecule has 0 N–H and O–H groups in total. The lowest BCUT2D eigenvalue weighted by molar-refractivity contribution is 1.05. The molecule has 0 saturated carbocycles. The molecule has 378 valence electrons. The zero-order valence-electron chi connectivity index (χ0n) is 44.6. The number of aromatic nitrogens is 7. The summed E-state index contributed by atoms with van der Waals surface area (Å²) in [5.41, 5.74) is 20.4. The Labute approximate surface area is 461 Å². The molecule has 0 fully saturated rings. The summed E-state index contributed by atoms with van der Waals surface area (Å²) in [5.74, 6) is 1.72. The zero-order valence-corrected chi connectivity index (χ0v) is 44.6. The summed E-state index contributed by atoms with van der Waals surface area (Å²) in [5, 5.41) is 9.57. The van der Waals surface area contributed by atoms with Crippen molar-refractivity contribution in [3.8, 4) is 56.9 Å². The van der Waals surface area contributed by atoms with E-state index in [-0.39, 0.29) is 0 Å². The van der Waals surface area contributed by atoms with E-state index in [4.69, 9.17) is 15.0 Å². The lowest BCUT2D eigenvalue weighted by Gasteiger charge is -2.19. The third-order valence-electron chi connectivity index (χ3n) is 16.4. The van der Waals surface area contributed by atoms with Crippen LogP contribution in [0.25, 0.3) is 144 Å². The Hall–Kier alpha value is -10.4. The van der Waals surface area contributed by atoms with Crippen LogP contribution in [0.3, 0.4) is 0 Å². The number of rotatable bonds is 7. The molecular weight excluding hydrogens is 975 g/mol. The minimum absolute atomic E-state index is 0.568. The summed E-state index contributed by atoms with van der Waals surface area (Å²) >= 11 is 0. The van der Waals surface area contributed by atoms with Crippen molar-refractivity contribution in [2.24, 2.45) is 0 Å². The highest BCUT2D eigenvalue weighted by Crippen LogP contribution is 2.43. The summed E-state index contributed by atoms with van der Waals surface area (Å²) in [7, 11) is 0. The fourth-order valence-electron chi connectivity index (χ4n) is 12.8. The maximum Gasteiger partial charge on any atom is 0.166 e. The number of hydrogen-bond acceptors (Lipinski definition) is 3. The van der Waals surface area contributed by atoms with Crippen LogP contribution in [-0.2, 0) is 0 Å². The summed E-state index contributed by atoms with van der Waals surface area (Å²) < 4.78 is 9.68. The van der Waals surface area contributed by atoms with Gasteiger partial charge in [-0.15, -0.1) is 0 Å². The Morgan fingerprint density at radius 1 is 0.237 bits per heavy atom. The van der Waals surface area contributed by atoms with Gasteiger partial charge in [-0.1, -0.05) is 152 Å². The molecule has 7 heteroatoms. The molecule has 0 aliphatic rings. The molecule has 5 heterocycles. The van der Waals surface area contributed by atoms with Crippen LogP contribution >= 0.6 is 0 Å². The van der Waals surface area contributed by atoms with E-state index >= 15 is 0 Å². The molecule has 0 bridgehead atoms. The molecule has 11 aromatic carbocycles. The third kappa shape index (κ3) is 6.96. The van der Waals surface area contributed by atoms with Gasteiger partial charge in [0.15, 0.2) is 17.5 Å². The third-order valence-corrected chi connectivity index (χ3v) is 16.4. The maximum atomic E-state index is 5.74. The second-order valence-corrected chi connectivity index (χ2v) is 21.6. The Balaban J connectivity index is 1.02. The van der Waals surface area contributed by atoms with Crippen LogP contribution in [0.5, 0.6) is 0 Å². The van der Waals surface area contributed by atoms with Crippen LogP contribution in [0.2, 0.25) is 0 Å². The molecule has 0 radical (unpaired) electrons. The van der Waals surface area contributed by atoms with Crippen molar-refractivity contribution < 1.29 is 0 Å². The molecule has 5 aromatic heterocycles. The molecule has 80 heavy (non-hydrogen) atoms. The SMILES string of the molecule is Cc1ccc2c3ccccc3n(-c3ccc(-c4nc(-c5ccccc5)nc(-c5ccc(-n6c7ccccc7c7ccc(C)cc76)cc5-n5c6ccccc6c6ccc(C)cc65)n4)c(-n4c5ccccc5c5ccc(C)cc54)c3)c2c1. The second-order valence-electron chi connectivity index (χ2n) is 21.6. The van der Waals surface area contributed by atoms with Gasteiger partial charge >= 0.3 is 0 Å². The quantitative estimate of drug-likeness (QED) is 0.160. The van der Waals surface area contributed by atoms with Gasteiger partial charge in [-0.3, -0.25) is 0 Å². The average Bonchev–Trinajstić information content (AvgIpc) is 4.41. The molecule has 0 spiro atoms. The van der Waals surface area contributed by atoms with Gasteiger partial charge in [0.2, 0.25) is 0 Å². The minimum atomic E-state index is 0.568. The number of fused-ring (bicyclic) bond motifs is 12. The number of hydrogen-bond donors (Lipinski definition) is 0. The summed E-state index contributed by atoms with van der Waals surface area (Å²) in [6, 6.07) is 86.1. The fourth-order valence-corrected chi connectivity index (χ4v) is 12.8. The Morgan fingerprint density at radius 3 is 0.912 bits per heavy atom. The Morgan fingerprint density at radius 2 is 0.537 bits per heavy atom. The summed E-state index contributed by atoms with van der Waals surface area (Å²) in [6.07, 6.45) is 0. The largest absolute Gasteiger partial charge is 0.309 e. The normalized spacial score (nSPS) is 12.0. The van der Waals surface area contributed by atoms with Gasteiger partial charge in [0.25, 0.3) is 0 Å². The molecule has 0 aliphatic carbocycles. The average molecular weight is 1030 g/mol. The predicted molar refractivity (Wildman–Crippen MR) is 332 cm³/mol. The van der Waals surface area contributed by atoms with E-state index in [0.29, 0.717) is 17.5 Å². The first-order chi connectivity index (χ1) is 39.3. The first-order valence-electron chi connectivity index (χ1n) is 27.4. The minimum Gasteiger partial charge on any atom is -0.309 e. The van der Waals surface area contributed by atoms with E-state index in [2.05, 4.69) is 276 Å². The van der Waals surface area contributed by atoms with Gasteiger partial charge in [-0.05, 0) is 135 Å². The molecule has 0 aliphatic heterocycles. The van der Waals surface area contributed by atoms with Gasteiger partial charge in [-0.25, -0.2) is 15.0 Å². The van der Waals surface area contributed by atoms with Crippen molar-refractivity contribution >= 4 is 87.2 Å². The Bertz CT molecular complexity index is 4940. The first kappa shape index (κ1) is 45.8. The van der Waals surface area contributed by atoms with Gasteiger partial charge in [0.1, 0.15) is 0 Å². The van der Waals surface area contributed by atoms with Gasteiger partial charge in [-0.2, -0.15) is 0 Å². The summed E-state index contributed by atoms with van der Waals surface area (Å²) in [6.45, 7) is 8.69. The lowest BCUT2D eigenvalue weighted by Crippen LogP contribution is -2.07. The molecule has 16 rings (SSSR count). The van der Waals surface area contributed by atoms with Crippen molar-refractivity contribution in [2.75, 3.05) is 0 Å². The molecule has 0 atom stereocenters. The fraction of sp³-hybridized carbons (Fsp3) is 0.0548. The van der Waals surface area contributed by atoms with Crippen LogP contribution in [-0.4, -0.2) is 33.2 Å². The van der Waals surface area contributed by atoms with Crippen molar-refractivity contribution in [1.29, 1.82) is 0 Å². The maximum absolute atomic E-state index is 5.74. The molecule has 7 nitrogen and oxygen atoms in total. The van der Waals surface area contributed by atoms with Crippen LogP contribution in [0, 0.1) is 27.7 Å². The zero-order chi connectivity index (χ0) is 53.3. The van der Waals surface area contributed by atoms with E-state index < -0.39 is 0 Å². The second kappa shape index (κ2) is 17.6. The number of para-hydroxylation sites is 4. The van der Waals surface area contributed by atoms with Gasteiger partial charge in [0.05, 0.1) is 55.5 Å². The molecule has 16 aromatic rings.